The number of halogens is 1. The van der Waals surface area contributed by atoms with Crippen molar-refractivity contribution in [2.45, 2.75) is 46.0 Å². The molecule has 3 unspecified atom stereocenters. The van der Waals surface area contributed by atoms with Crippen LogP contribution in [0.4, 0.5) is 0 Å². The van der Waals surface area contributed by atoms with Gasteiger partial charge in [-0.25, -0.2) is 0 Å². The quantitative estimate of drug-likeness (QED) is 0.477. The van der Waals surface area contributed by atoms with E-state index in [4.69, 9.17) is 5.11 Å². The van der Waals surface area contributed by atoms with Crippen LogP contribution in [0.2, 0.25) is 0 Å². The van der Waals surface area contributed by atoms with Crippen molar-refractivity contribution in [2.75, 3.05) is 5.33 Å². The lowest BCUT2D eigenvalue weighted by Crippen LogP contribution is -2.26. The molecule has 2 N–H and O–H groups in total. The second-order valence-electron chi connectivity index (χ2n) is 4.94. The molecule has 5 heteroatoms. The van der Waals surface area contributed by atoms with Crippen LogP contribution < -0.4 is 0 Å². The van der Waals surface area contributed by atoms with Gasteiger partial charge in [0.2, 0.25) is 0 Å². The minimum Gasteiger partial charge on any atom is -0.481 e. The summed E-state index contributed by atoms with van der Waals surface area (Å²) >= 11 is 3.36. The first-order valence-electron chi connectivity index (χ1n) is 6.41. The Morgan fingerprint density at radius 3 is 2.11 bits per heavy atom. The molecule has 0 saturated heterocycles. The van der Waals surface area contributed by atoms with Gasteiger partial charge >= 0.3 is 11.9 Å². The highest BCUT2D eigenvalue weighted by Gasteiger charge is 2.28. The molecule has 106 valence electrons. The summed E-state index contributed by atoms with van der Waals surface area (Å²) in [4.78, 5) is 22.0. The third-order valence-electron chi connectivity index (χ3n) is 3.33. The minimum atomic E-state index is -0.923. The topological polar surface area (TPSA) is 74.6 Å². The molecule has 0 aliphatic heterocycles. The molecule has 0 heterocycles. The number of carboxylic acids is 2. The van der Waals surface area contributed by atoms with E-state index in [0.717, 1.165) is 31.0 Å². The number of carbonyl (C=O) groups is 2. The van der Waals surface area contributed by atoms with Crippen LogP contribution in [0.5, 0.6) is 0 Å². The van der Waals surface area contributed by atoms with E-state index in [1.165, 1.54) is 0 Å². The van der Waals surface area contributed by atoms with E-state index in [0.29, 0.717) is 0 Å². The van der Waals surface area contributed by atoms with E-state index in [9.17, 15) is 14.7 Å². The van der Waals surface area contributed by atoms with Gasteiger partial charge in [0.15, 0.2) is 0 Å². The number of aliphatic carboxylic acids is 2. The number of carboxylic acid groups (broad SMARTS) is 2. The maximum atomic E-state index is 11.2. The molecule has 0 aromatic carbocycles. The molecule has 0 aliphatic carbocycles. The van der Waals surface area contributed by atoms with Crippen molar-refractivity contribution in [2.24, 2.45) is 17.8 Å². The fourth-order valence-electron chi connectivity index (χ4n) is 2.00. The van der Waals surface area contributed by atoms with Crippen molar-refractivity contribution in [3.63, 3.8) is 0 Å². The molecule has 18 heavy (non-hydrogen) atoms. The number of unbranched alkanes of at least 4 members (excludes halogenated alkanes) is 2. The van der Waals surface area contributed by atoms with Gasteiger partial charge in [-0.1, -0.05) is 42.6 Å². The van der Waals surface area contributed by atoms with E-state index in [1.807, 2.05) is 6.92 Å². The lowest BCUT2D eigenvalue weighted by molar-refractivity contribution is -0.146. The van der Waals surface area contributed by atoms with Crippen molar-refractivity contribution in [1.29, 1.82) is 0 Å². The molecule has 0 aromatic heterocycles. The van der Waals surface area contributed by atoms with Crippen molar-refractivity contribution >= 4 is 27.9 Å². The van der Waals surface area contributed by atoms with E-state index < -0.39 is 23.8 Å². The molecule has 0 spiro atoms. The first-order valence-corrected chi connectivity index (χ1v) is 7.53. The smallest absolute Gasteiger partial charge is 0.306 e. The van der Waals surface area contributed by atoms with Crippen molar-refractivity contribution in [1.82, 2.24) is 0 Å². The molecule has 0 rings (SSSR count). The standard InChI is InChI=1S/C13H23BrO4/c1-9(6-4-3-5-7-14)11(13(17)18)8-10(2)12(15)16/h9-11H,3-8H2,1-2H3,(H,15,16)(H,17,18). The predicted molar refractivity (Wildman–Crippen MR) is 74.0 cm³/mol. The van der Waals surface area contributed by atoms with Crippen LogP contribution in [-0.2, 0) is 9.59 Å². The number of hydrogen-bond donors (Lipinski definition) is 2. The van der Waals surface area contributed by atoms with Gasteiger partial charge in [0, 0.05) is 5.33 Å². The fourth-order valence-corrected chi connectivity index (χ4v) is 2.39. The highest BCUT2D eigenvalue weighted by atomic mass is 79.9. The van der Waals surface area contributed by atoms with Crippen LogP contribution in [0.1, 0.15) is 46.0 Å². The molecule has 0 fully saturated rings. The Morgan fingerprint density at radius 2 is 1.67 bits per heavy atom. The Hall–Kier alpha value is -0.580. The average molecular weight is 323 g/mol. The summed E-state index contributed by atoms with van der Waals surface area (Å²) in [6.07, 6.45) is 4.23. The molecule has 3 atom stereocenters. The maximum Gasteiger partial charge on any atom is 0.306 e. The third-order valence-corrected chi connectivity index (χ3v) is 3.89. The van der Waals surface area contributed by atoms with Crippen LogP contribution in [-0.4, -0.2) is 27.5 Å². The fraction of sp³-hybridized carbons (Fsp3) is 0.846. The van der Waals surface area contributed by atoms with Crippen molar-refractivity contribution < 1.29 is 19.8 Å². The Balaban J connectivity index is 4.23. The zero-order valence-corrected chi connectivity index (χ0v) is 12.6. The summed E-state index contributed by atoms with van der Waals surface area (Å²) in [5.41, 5.74) is 0. The monoisotopic (exact) mass is 322 g/mol. The van der Waals surface area contributed by atoms with Crippen LogP contribution in [0.15, 0.2) is 0 Å². The first kappa shape index (κ1) is 17.4. The van der Waals surface area contributed by atoms with Crippen LogP contribution in [0, 0.1) is 17.8 Å². The molecule has 4 nitrogen and oxygen atoms in total. The van der Waals surface area contributed by atoms with Crippen LogP contribution in [0.3, 0.4) is 0 Å². The first-order chi connectivity index (χ1) is 8.40. The molecule has 0 aliphatic rings. The van der Waals surface area contributed by atoms with Crippen LogP contribution in [0.25, 0.3) is 0 Å². The highest BCUT2D eigenvalue weighted by Crippen LogP contribution is 2.25. The number of rotatable bonds is 10. The largest absolute Gasteiger partial charge is 0.481 e. The summed E-state index contributed by atoms with van der Waals surface area (Å²) in [5.74, 6) is -2.93. The average Bonchev–Trinajstić information content (AvgIpc) is 2.30. The van der Waals surface area contributed by atoms with E-state index >= 15 is 0 Å². The third kappa shape index (κ3) is 6.99. The summed E-state index contributed by atoms with van der Waals surface area (Å²) < 4.78 is 0. The number of hydrogen-bond acceptors (Lipinski definition) is 2. The molecule has 0 amide bonds. The second kappa shape index (κ2) is 9.36. The van der Waals surface area contributed by atoms with Crippen molar-refractivity contribution in [3.8, 4) is 0 Å². The zero-order valence-electron chi connectivity index (χ0n) is 11.1. The summed E-state index contributed by atoms with van der Waals surface area (Å²) in [6.45, 7) is 3.47. The van der Waals surface area contributed by atoms with Gasteiger partial charge < -0.3 is 10.2 Å². The summed E-state index contributed by atoms with van der Waals surface area (Å²) in [7, 11) is 0. The summed E-state index contributed by atoms with van der Waals surface area (Å²) in [5, 5.41) is 19.0. The minimum absolute atomic E-state index is 0.0274. The molecule has 0 aromatic rings. The van der Waals surface area contributed by atoms with Gasteiger partial charge in [-0.05, 0) is 25.2 Å². The Kier molecular flexibility index (Phi) is 9.06. The lowest BCUT2D eigenvalue weighted by atomic mass is 9.83. The van der Waals surface area contributed by atoms with E-state index in [-0.39, 0.29) is 12.3 Å². The Labute approximate surface area is 117 Å². The van der Waals surface area contributed by atoms with Crippen molar-refractivity contribution in [3.05, 3.63) is 0 Å². The predicted octanol–water partition coefficient (Wildman–Crippen LogP) is 3.39. The molecule has 0 saturated carbocycles. The lowest BCUT2D eigenvalue weighted by Gasteiger charge is -2.21. The highest BCUT2D eigenvalue weighted by molar-refractivity contribution is 9.09. The Morgan fingerprint density at radius 1 is 1.06 bits per heavy atom. The second-order valence-corrected chi connectivity index (χ2v) is 5.73. The van der Waals surface area contributed by atoms with Crippen LogP contribution >= 0.6 is 15.9 Å². The van der Waals surface area contributed by atoms with Gasteiger partial charge in [-0.2, -0.15) is 0 Å². The molecule has 0 radical (unpaired) electrons. The zero-order chi connectivity index (χ0) is 14.1. The maximum absolute atomic E-state index is 11.2. The van der Waals surface area contributed by atoms with E-state index in [2.05, 4.69) is 15.9 Å². The van der Waals surface area contributed by atoms with Gasteiger partial charge in [0.1, 0.15) is 0 Å². The van der Waals surface area contributed by atoms with Gasteiger partial charge in [-0.15, -0.1) is 0 Å². The molecule has 0 bridgehead atoms. The van der Waals surface area contributed by atoms with Gasteiger partial charge in [0.25, 0.3) is 0 Å². The Bertz CT molecular complexity index is 268. The van der Waals surface area contributed by atoms with Gasteiger partial charge in [0.05, 0.1) is 11.8 Å². The SMILES string of the molecule is CC(CC(C(=O)O)C(C)CCCCCBr)C(=O)O. The molecular weight excluding hydrogens is 300 g/mol. The normalized spacial score (nSPS) is 15.9. The van der Waals surface area contributed by atoms with E-state index in [1.54, 1.807) is 6.92 Å². The van der Waals surface area contributed by atoms with Gasteiger partial charge in [-0.3, -0.25) is 9.59 Å². The number of alkyl halides is 1. The molecular formula is C13H23BrO4. The summed E-state index contributed by atoms with van der Waals surface area (Å²) in [6, 6.07) is 0.